The van der Waals surface area contributed by atoms with Gasteiger partial charge in [-0.05, 0) is 75.6 Å². The molecular formula is C42H36N14O6. The molecule has 0 saturated carbocycles. The summed E-state index contributed by atoms with van der Waals surface area (Å²) in [6.45, 7) is 7.59. The summed E-state index contributed by atoms with van der Waals surface area (Å²) in [5.74, 6) is 1.58. The lowest BCUT2D eigenvalue weighted by Gasteiger charge is -2.18. The number of carbonyl (C=O) groups is 3. The smallest absolute Gasteiger partial charge is 0.271 e. The van der Waals surface area contributed by atoms with Gasteiger partial charge in [0.15, 0.2) is 23.2 Å². The first kappa shape index (κ1) is 39.1. The normalized spacial score (nSPS) is 13.3. The van der Waals surface area contributed by atoms with Crippen LogP contribution in [0.3, 0.4) is 0 Å². The number of hydrogen-bond donors (Lipinski definition) is 6. The largest absolute Gasteiger partial charge is 0.358 e. The predicted octanol–water partition coefficient (Wildman–Crippen LogP) is 5.34. The molecule has 20 nitrogen and oxygen atoms in total. The molecule has 6 N–H and O–H groups in total. The number of imidazole rings is 2. The number of rotatable bonds is 8. The molecule has 0 fully saturated rings. The number of aromatic nitrogens is 11. The number of hydrogen-bond acceptors (Lipinski definition) is 14. The zero-order valence-electron chi connectivity index (χ0n) is 33.5. The van der Waals surface area contributed by atoms with E-state index in [9.17, 15) is 19.2 Å². The zero-order valence-corrected chi connectivity index (χ0v) is 33.5. The maximum Gasteiger partial charge on any atom is 0.271 e. The van der Waals surface area contributed by atoms with E-state index >= 15 is 0 Å². The monoisotopic (exact) mass is 832 g/mol. The molecule has 9 aromatic rings. The first-order valence-corrected chi connectivity index (χ1v) is 19.4. The van der Waals surface area contributed by atoms with Crippen molar-refractivity contribution in [1.82, 2.24) is 65.8 Å². The van der Waals surface area contributed by atoms with E-state index in [0.717, 1.165) is 33.2 Å². The van der Waals surface area contributed by atoms with Gasteiger partial charge in [-0.15, -0.1) is 0 Å². The minimum atomic E-state index is -0.479. The Labute approximate surface area is 349 Å². The van der Waals surface area contributed by atoms with Gasteiger partial charge >= 0.3 is 0 Å². The molecule has 310 valence electrons. The number of aryl methyl sites for hydroxylation is 2. The van der Waals surface area contributed by atoms with Gasteiger partial charge < -0.3 is 39.9 Å². The van der Waals surface area contributed by atoms with E-state index in [0.29, 0.717) is 69.8 Å². The molecule has 2 aromatic carbocycles. The van der Waals surface area contributed by atoms with E-state index in [-0.39, 0.29) is 28.8 Å². The van der Waals surface area contributed by atoms with Gasteiger partial charge in [-0.3, -0.25) is 19.2 Å². The number of anilines is 1. The van der Waals surface area contributed by atoms with Gasteiger partial charge in [-0.2, -0.15) is 0 Å². The average molecular weight is 833 g/mol. The summed E-state index contributed by atoms with van der Waals surface area (Å²) in [7, 11) is 0. The van der Waals surface area contributed by atoms with Gasteiger partial charge in [0.2, 0.25) is 11.5 Å². The molecular weight excluding hydrogens is 797 g/mol. The van der Waals surface area contributed by atoms with Crippen LogP contribution in [0, 0.1) is 13.8 Å². The Bertz CT molecular complexity index is 3250. The second-order valence-electron chi connectivity index (χ2n) is 14.7. The van der Waals surface area contributed by atoms with Gasteiger partial charge in [0, 0.05) is 35.6 Å². The topological polar surface area (TPSA) is 281 Å². The SMILES string of the molecule is Cc1ccc2nc(-c3cc([C@@H](C)NC(=O)c4ncnc5[nH]c(=O)ccc45)on3)[nH]c2c1.Cc1ccc2nc(-c3cc([C@@H](C)NC(=O)c4ncnc5c4CCC(=O)N5)on3)[nH]c2c1. The van der Waals surface area contributed by atoms with Gasteiger partial charge in [-0.25, -0.2) is 29.9 Å². The number of carbonyl (C=O) groups excluding carboxylic acids is 3. The molecule has 0 unspecified atom stereocenters. The second-order valence-corrected chi connectivity index (χ2v) is 14.7. The van der Waals surface area contributed by atoms with E-state index in [2.05, 4.69) is 71.1 Å². The van der Waals surface area contributed by atoms with E-state index in [1.165, 1.54) is 24.8 Å². The van der Waals surface area contributed by atoms with Crippen LogP contribution in [0.4, 0.5) is 5.82 Å². The summed E-state index contributed by atoms with van der Waals surface area (Å²) in [4.78, 5) is 83.0. The maximum atomic E-state index is 12.8. The van der Waals surface area contributed by atoms with Crippen molar-refractivity contribution >= 4 is 56.6 Å². The third-order valence-corrected chi connectivity index (χ3v) is 10.1. The van der Waals surface area contributed by atoms with E-state index in [1.807, 2.05) is 50.2 Å². The highest BCUT2D eigenvalue weighted by molar-refractivity contribution is 6.03. The summed E-state index contributed by atoms with van der Waals surface area (Å²) in [5, 5.41) is 17.0. The summed E-state index contributed by atoms with van der Waals surface area (Å²) in [5.41, 5.74) is 7.86. The lowest BCUT2D eigenvalue weighted by molar-refractivity contribution is -0.116. The fourth-order valence-electron chi connectivity index (χ4n) is 6.91. The van der Waals surface area contributed by atoms with Crippen molar-refractivity contribution in [2.75, 3.05) is 5.32 Å². The van der Waals surface area contributed by atoms with Crippen LogP contribution >= 0.6 is 0 Å². The quantitative estimate of drug-likeness (QED) is 0.113. The van der Waals surface area contributed by atoms with Crippen molar-refractivity contribution in [1.29, 1.82) is 0 Å². The summed E-state index contributed by atoms with van der Waals surface area (Å²) >= 11 is 0. The molecule has 7 aromatic heterocycles. The van der Waals surface area contributed by atoms with E-state index in [1.54, 1.807) is 26.0 Å². The van der Waals surface area contributed by atoms with Crippen molar-refractivity contribution in [2.24, 2.45) is 0 Å². The van der Waals surface area contributed by atoms with Crippen molar-refractivity contribution in [3.63, 3.8) is 0 Å². The lowest BCUT2D eigenvalue weighted by atomic mass is 10.0. The van der Waals surface area contributed by atoms with E-state index < -0.39 is 18.0 Å². The highest BCUT2D eigenvalue weighted by Gasteiger charge is 2.26. The predicted molar refractivity (Wildman–Crippen MR) is 224 cm³/mol. The van der Waals surface area contributed by atoms with E-state index in [4.69, 9.17) is 9.05 Å². The molecule has 0 spiro atoms. The molecule has 3 amide bonds. The first-order valence-electron chi connectivity index (χ1n) is 19.4. The Morgan fingerprint density at radius 2 is 1.23 bits per heavy atom. The Hall–Kier alpha value is -8.42. The molecule has 62 heavy (non-hydrogen) atoms. The molecule has 0 radical (unpaired) electrons. The van der Waals surface area contributed by atoms with Crippen LogP contribution in [0.1, 0.15) is 81.5 Å². The zero-order chi connectivity index (χ0) is 43.1. The molecule has 20 heteroatoms. The van der Waals surface area contributed by atoms with Crippen LogP contribution in [-0.2, 0) is 11.2 Å². The summed E-state index contributed by atoms with van der Waals surface area (Å²) < 4.78 is 10.9. The molecule has 0 aliphatic carbocycles. The van der Waals surface area contributed by atoms with Crippen molar-refractivity contribution < 1.29 is 23.4 Å². The van der Waals surface area contributed by atoms with Gasteiger partial charge in [0.25, 0.3) is 11.8 Å². The number of amides is 3. The van der Waals surface area contributed by atoms with Gasteiger partial charge in [0.1, 0.15) is 46.9 Å². The van der Waals surface area contributed by atoms with Gasteiger partial charge in [0.05, 0.1) is 34.2 Å². The minimum Gasteiger partial charge on any atom is -0.358 e. The maximum absolute atomic E-state index is 12.8. The second kappa shape index (κ2) is 16.0. The van der Waals surface area contributed by atoms with Crippen LogP contribution in [0.25, 0.3) is 56.1 Å². The third kappa shape index (κ3) is 7.86. The highest BCUT2D eigenvalue weighted by atomic mass is 16.5. The Morgan fingerprint density at radius 3 is 1.84 bits per heavy atom. The molecule has 2 atom stereocenters. The minimum absolute atomic E-state index is 0.124. The Morgan fingerprint density at radius 1 is 0.661 bits per heavy atom. The van der Waals surface area contributed by atoms with Crippen LogP contribution < -0.4 is 21.5 Å². The Kier molecular flexibility index (Phi) is 10.1. The third-order valence-electron chi connectivity index (χ3n) is 10.1. The number of benzene rings is 2. The van der Waals surface area contributed by atoms with Crippen LogP contribution in [0.5, 0.6) is 0 Å². The number of nitrogens with one attached hydrogen (secondary N) is 6. The first-order chi connectivity index (χ1) is 29.9. The average Bonchev–Trinajstić information content (AvgIpc) is 4.09. The molecule has 0 saturated heterocycles. The van der Waals surface area contributed by atoms with Crippen molar-refractivity contribution in [2.45, 2.75) is 52.6 Å². The van der Waals surface area contributed by atoms with Crippen LogP contribution in [-0.4, -0.2) is 72.9 Å². The van der Waals surface area contributed by atoms with Crippen LogP contribution in [0.2, 0.25) is 0 Å². The number of aromatic amines is 3. The number of H-pyrrole nitrogens is 3. The number of nitrogens with zero attached hydrogens (tertiary/aromatic N) is 8. The summed E-state index contributed by atoms with van der Waals surface area (Å²) in [6, 6.07) is 17.3. The molecule has 10 rings (SSSR count). The van der Waals surface area contributed by atoms with Crippen LogP contribution in [0.15, 0.2) is 87.2 Å². The van der Waals surface area contributed by atoms with Crippen molar-refractivity contribution in [3.05, 3.63) is 123 Å². The fourth-order valence-corrected chi connectivity index (χ4v) is 6.91. The molecule has 0 bridgehead atoms. The number of fused-ring (bicyclic) bond motifs is 4. The summed E-state index contributed by atoms with van der Waals surface area (Å²) in [6.07, 6.45) is 3.20. The molecule has 8 heterocycles. The standard InChI is InChI=1S/C21H19N7O3.C21H17N7O3/c2*1-10-3-5-13-14(7-10)26-20(25-13)15-8-16(31-28-15)11(2)24-21(30)18-12-4-6-17(29)27-19(12)23-9-22-18/h3,5,7-9,11H,4,6H2,1-2H3,(H,24,30)(H,25,26)(H,22,23,27,29);3-9,11H,1-2H3,(H,24,30)(H,25,26)(H,22,23,27,29)/t2*11-/m11/s1. The van der Waals surface area contributed by atoms with Crippen molar-refractivity contribution in [3.8, 4) is 23.0 Å². The fraction of sp³-hybridized carbons (Fsp3) is 0.190. The lowest BCUT2D eigenvalue weighted by Crippen LogP contribution is -2.30. The number of pyridine rings is 1. The van der Waals surface area contributed by atoms with Gasteiger partial charge in [-0.1, -0.05) is 22.4 Å². The Balaban J connectivity index is 0.000000158. The highest BCUT2D eigenvalue weighted by Crippen LogP contribution is 2.27. The molecule has 1 aliphatic rings. The molecule has 1 aliphatic heterocycles.